The van der Waals surface area contributed by atoms with Crippen molar-refractivity contribution >= 4 is 11.9 Å². The van der Waals surface area contributed by atoms with Crippen LogP contribution in [0, 0.1) is 6.92 Å². The van der Waals surface area contributed by atoms with Crippen molar-refractivity contribution in [3.05, 3.63) is 42.2 Å². The first kappa shape index (κ1) is 18.9. The molecule has 29 heavy (non-hydrogen) atoms. The maximum absolute atomic E-state index is 11.9. The van der Waals surface area contributed by atoms with E-state index in [9.17, 15) is 4.79 Å². The van der Waals surface area contributed by atoms with Crippen LogP contribution in [-0.4, -0.2) is 63.9 Å². The maximum Gasteiger partial charge on any atom is 0.409 e. The molecule has 1 amide bonds. The minimum absolute atomic E-state index is 0.276. The summed E-state index contributed by atoms with van der Waals surface area (Å²) in [7, 11) is 0. The molecule has 0 saturated carbocycles. The number of anilines is 1. The van der Waals surface area contributed by atoms with Gasteiger partial charge < -0.3 is 19.0 Å². The maximum atomic E-state index is 11.9. The summed E-state index contributed by atoms with van der Waals surface area (Å²) in [5.41, 5.74) is 2.12. The van der Waals surface area contributed by atoms with Crippen molar-refractivity contribution in [3.8, 4) is 23.0 Å². The first-order valence-corrected chi connectivity index (χ1v) is 9.55. The highest BCUT2D eigenvalue weighted by Gasteiger charge is 2.24. The fourth-order valence-corrected chi connectivity index (χ4v) is 3.14. The molecule has 0 aliphatic carbocycles. The van der Waals surface area contributed by atoms with Gasteiger partial charge in [-0.05, 0) is 26.0 Å². The number of hydrogen-bond donors (Lipinski definition) is 0. The van der Waals surface area contributed by atoms with E-state index in [1.54, 1.807) is 18.0 Å². The second-order valence-electron chi connectivity index (χ2n) is 6.61. The summed E-state index contributed by atoms with van der Waals surface area (Å²) in [4.78, 5) is 24.8. The van der Waals surface area contributed by atoms with Gasteiger partial charge in [0, 0.05) is 31.7 Å². The Balaban J connectivity index is 1.52. The van der Waals surface area contributed by atoms with Gasteiger partial charge in [-0.2, -0.15) is 0 Å². The molecule has 0 N–H and O–H groups in total. The third kappa shape index (κ3) is 4.03. The summed E-state index contributed by atoms with van der Waals surface area (Å²) in [5.74, 6) is 1.49. The Morgan fingerprint density at radius 3 is 2.55 bits per heavy atom. The molecule has 3 aromatic rings. The van der Waals surface area contributed by atoms with Gasteiger partial charge in [-0.25, -0.2) is 9.78 Å². The molecule has 1 aliphatic rings. The van der Waals surface area contributed by atoms with Crippen molar-refractivity contribution in [2.75, 3.05) is 37.7 Å². The number of nitrogens with zero attached hydrogens (tertiary/aromatic N) is 6. The van der Waals surface area contributed by atoms with Crippen molar-refractivity contribution < 1.29 is 13.9 Å². The van der Waals surface area contributed by atoms with Crippen LogP contribution < -0.4 is 4.90 Å². The predicted molar refractivity (Wildman–Crippen MR) is 106 cm³/mol. The van der Waals surface area contributed by atoms with E-state index in [4.69, 9.17) is 14.1 Å². The van der Waals surface area contributed by atoms with Gasteiger partial charge in [-0.1, -0.05) is 18.2 Å². The molecule has 0 bridgehead atoms. The molecule has 1 aromatic carbocycles. The highest BCUT2D eigenvalue weighted by Crippen LogP contribution is 2.26. The molecule has 0 unspecified atom stereocenters. The highest BCUT2D eigenvalue weighted by atomic mass is 16.6. The van der Waals surface area contributed by atoms with Gasteiger partial charge in [0.05, 0.1) is 18.5 Å². The average molecular weight is 394 g/mol. The lowest BCUT2D eigenvalue weighted by molar-refractivity contribution is 0.105. The van der Waals surface area contributed by atoms with Crippen LogP contribution in [0.1, 0.15) is 12.6 Å². The Hall–Kier alpha value is -3.49. The fourth-order valence-electron chi connectivity index (χ4n) is 3.14. The molecule has 0 radical (unpaired) electrons. The molecule has 3 heterocycles. The summed E-state index contributed by atoms with van der Waals surface area (Å²) in [5, 5.41) is 8.30. The van der Waals surface area contributed by atoms with Gasteiger partial charge in [0.25, 0.3) is 5.89 Å². The lowest BCUT2D eigenvalue weighted by atomic mass is 10.2. The molecule has 1 aliphatic heterocycles. The van der Waals surface area contributed by atoms with E-state index < -0.39 is 0 Å². The van der Waals surface area contributed by atoms with Crippen LogP contribution in [0.4, 0.5) is 10.6 Å². The number of carbonyl (C=O) groups excluding carboxylic acids is 1. The predicted octanol–water partition coefficient (Wildman–Crippen LogP) is 2.78. The van der Waals surface area contributed by atoms with Crippen LogP contribution in [0.2, 0.25) is 0 Å². The van der Waals surface area contributed by atoms with Crippen LogP contribution in [0.25, 0.3) is 23.0 Å². The quantitative estimate of drug-likeness (QED) is 0.666. The van der Waals surface area contributed by atoms with Crippen molar-refractivity contribution in [3.63, 3.8) is 0 Å². The zero-order valence-corrected chi connectivity index (χ0v) is 16.4. The molecule has 9 heteroatoms. The van der Waals surface area contributed by atoms with Crippen molar-refractivity contribution in [2.45, 2.75) is 13.8 Å². The molecule has 1 fully saturated rings. The van der Waals surface area contributed by atoms with E-state index >= 15 is 0 Å². The largest absolute Gasteiger partial charge is 0.450 e. The number of amides is 1. The number of aryl methyl sites for hydroxylation is 1. The zero-order chi connectivity index (χ0) is 20.2. The SMILES string of the molecule is CCOC(=O)N1CCN(c2cnc(C)c(-c3nnc(-c4ccccc4)o3)n2)CC1. The Labute approximate surface area is 168 Å². The van der Waals surface area contributed by atoms with Crippen molar-refractivity contribution in [1.82, 2.24) is 25.1 Å². The third-order valence-corrected chi connectivity index (χ3v) is 4.72. The summed E-state index contributed by atoms with van der Waals surface area (Å²) < 4.78 is 10.9. The standard InChI is InChI=1S/C20H22N6O3/c1-3-28-20(27)26-11-9-25(10-12-26)16-13-21-14(2)17(22-16)19-24-23-18(29-19)15-7-5-4-6-8-15/h4-8,13H,3,9-12H2,1-2H3. The molecule has 0 spiro atoms. The monoisotopic (exact) mass is 394 g/mol. The Morgan fingerprint density at radius 2 is 1.83 bits per heavy atom. The molecular formula is C20H22N6O3. The van der Waals surface area contributed by atoms with E-state index in [1.165, 1.54) is 0 Å². The minimum Gasteiger partial charge on any atom is -0.450 e. The minimum atomic E-state index is -0.276. The molecule has 0 atom stereocenters. The van der Waals surface area contributed by atoms with E-state index in [0.717, 1.165) is 5.56 Å². The zero-order valence-electron chi connectivity index (χ0n) is 16.4. The van der Waals surface area contributed by atoms with Crippen molar-refractivity contribution in [2.24, 2.45) is 0 Å². The highest BCUT2D eigenvalue weighted by molar-refractivity contribution is 5.68. The third-order valence-electron chi connectivity index (χ3n) is 4.72. The number of aromatic nitrogens is 4. The second-order valence-corrected chi connectivity index (χ2v) is 6.61. The fraction of sp³-hybridized carbons (Fsp3) is 0.350. The topological polar surface area (TPSA) is 97.5 Å². The molecule has 1 saturated heterocycles. The van der Waals surface area contributed by atoms with E-state index in [1.807, 2.05) is 37.3 Å². The lowest BCUT2D eigenvalue weighted by Crippen LogP contribution is -2.49. The smallest absolute Gasteiger partial charge is 0.409 e. The van der Waals surface area contributed by atoms with Gasteiger partial charge in [0.1, 0.15) is 5.82 Å². The van der Waals surface area contributed by atoms with Gasteiger partial charge in [0.15, 0.2) is 5.69 Å². The van der Waals surface area contributed by atoms with Gasteiger partial charge in [-0.3, -0.25) is 4.98 Å². The van der Waals surface area contributed by atoms with Crippen molar-refractivity contribution in [1.29, 1.82) is 0 Å². The summed E-state index contributed by atoms with van der Waals surface area (Å²) in [6, 6.07) is 9.59. The number of ether oxygens (including phenoxy) is 1. The Kier molecular flexibility index (Phi) is 5.37. The van der Waals surface area contributed by atoms with Crippen LogP contribution >= 0.6 is 0 Å². The second kappa shape index (κ2) is 8.26. The number of carbonyl (C=O) groups is 1. The molecule has 2 aromatic heterocycles. The number of piperazine rings is 1. The molecule has 4 rings (SSSR count). The van der Waals surface area contributed by atoms with E-state index in [2.05, 4.69) is 20.1 Å². The molecular weight excluding hydrogens is 372 g/mol. The number of benzene rings is 1. The summed E-state index contributed by atoms with van der Waals surface area (Å²) in [6.07, 6.45) is 1.45. The Morgan fingerprint density at radius 1 is 1.10 bits per heavy atom. The number of hydrogen-bond acceptors (Lipinski definition) is 8. The molecule has 9 nitrogen and oxygen atoms in total. The van der Waals surface area contributed by atoms with Gasteiger partial charge >= 0.3 is 6.09 Å². The summed E-state index contributed by atoms with van der Waals surface area (Å²) in [6.45, 7) is 6.48. The van der Waals surface area contributed by atoms with Gasteiger partial charge in [-0.15, -0.1) is 10.2 Å². The number of rotatable bonds is 4. The lowest BCUT2D eigenvalue weighted by Gasteiger charge is -2.34. The first-order chi connectivity index (χ1) is 14.2. The van der Waals surface area contributed by atoms with E-state index in [-0.39, 0.29) is 6.09 Å². The normalized spacial score (nSPS) is 14.1. The summed E-state index contributed by atoms with van der Waals surface area (Å²) >= 11 is 0. The van der Waals surface area contributed by atoms with Crippen LogP contribution in [-0.2, 0) is 4.74 Å². The Bertz CT molecular complexity index is 983. The molecule has 150 valence electrons. The van der Waals surface area contributed by atoms with Crippen LogP contribution in [0.5, 0.6) is 0 Å². The van der Waals surface area contributed by atoms with E-state index in [0.29, 0.717) is 61.8 Å². The van der Waals surface area contributed by atoms with Crippen LogP contribution in [0.3, 0.4) is 0 Å². The average Bonchev–Trinajstić information content (AvgIpc) is 3.25. The first-order valence-electron chi connectivity index (χ1n) is 9.55. The van der Waals surface area contributed by atoms with Crippen LogP contribution in [0.15, 0.2) is 40.9 Å². The van der Waals surface area contributed by atoms with Gasteiger partial charge in [0.2, 0.25) is 5.89 Å².